The molecule has 1 saturated heterocycles. The summed E-state index contributed by atoms with van der Waals surface area (Å²) in [6.07, 6.45) is 3.92. The molecule has 1 unspecified atom stereocenters. The molecule has 0 saturated carbocycles. The SMILES string of the molecule is O=[P+](O)CC=CN1CCNCCNCC1. The van der Waals surface area contributed by atoms with E-state index < -0.39 is 8.03 Å². The van der Waals surface area contributed by atoms with E-state index in [4.69, 9.17) is 4.89 Å². The molecule has 0 bridgehead atoms. The highest BCUT2D eigenvalue weighted by molar-refractivity contribution is 7.38. The van der Waals surface area contributed by atoms with Crippen LogP contribution in [0.4, 0.5) is 0 Å². The summed E-state index contributed by atoms with van der Waals surface area (Å²) in [5, 5.41) is 6.62. The maximum atomic E-state index is 10.5. The lowest BCUT2D eigenvalue weighted by atomic mass is 10.4. The predicted octanol–water partition coefficient (Wildman–Crippen LogP) is -0.270. The minimum Gasteiger partial charge on any atom is -0.375 e. The van der Waals surface area contributed by atoms with E-state index >= 15 is 0 Å². The molecule has 0 spiro atoms. The van der Waals surface area contributed by atoms with Crippen LogP contribution >= 0.6 is 8.03 Å². The number of hydrogen-bond donors (Lipinski definition) is 3. The lowest BCUT2D eigenvalue weighted by Gasteiger charge is -2.18. The monoisotopic (exact) mass is 232 g/mol. The van der Waals surface area contributed by atoms with Crippen LogP contribution < -0.4 is 10.6 Å². The van der Waals surface area contributed by atoms with Crippen molar-refractivity contribution in [3.8, 4) is 0 Å². The van der Waals surface area contributed by atoms with Crippen LogP contribution in [0.2, 0.25) is 0 Å². The summed E-state index contributed by atoms with van der Waals surface area (Å²) >= 11 is 0. The number of hydrogen-bond acceptors (Lipinski definition) is 4. The van der Waals surface area contributed by atoms with Gasteiger partial charge in [-0.25, -0.2) is 0 Å². The molecule has 3 N–H and O–H groups in total. The zero-order valence-electron chi connectivity index (χ0n) is 8.85. The normalized spacial score (nSPS) is 20.9. The summed E-state index contributed by atoms with van der Waals surface area (Å²) in [5.74, 6) is 0. The highest BCUT2D eigenvalue weighted by Gasteiger charge is 2.06. The lowest BCUT2D eigenvalue weighted by Crippen LogP contribution is -2.29. The fourth-order valence-electron chi connectivity index (χ4n) is 1.42. The topological polar surface area (TPSA) is 64.6 Å². The van der Waals surface area contributed by atoms with Crippen LogP contribution in [0.15, 0.2) is 12.3 Å². The smallest absolute Gasteiger partial charge is 0.375 e. The number of nitrogens with zero attached hydrogens (tertiary/aromatic N) is 1. The minimum atomic E-state index is -2.04. The molecule has 1 heterocycles. The Balaban J connectivity index is 2.29. The van der Waals surface area contributed by atoms with Crippen LogP contribution in [0.25, 0.3) is 0 Å². The van der Waals surface area contributed by atoms with Gasteiger partial charge in [0.1, 0.15) is 0 Å². The molecular weight excluding hydrogens is 213 g/mol. The molecule has 1 fully saturated rings. The maximum Gasteiger partial charge on any atom is 0.509 e. The molecule has 1 rings (SSSR count). The second kappa shape index (κ2) is 7.77. The summed E-state index contributed by atoms with van der Waals surface area (Å²) in [6, 6.07) is 0. The van der Waals surface area contributed by atoms with Crippen molar-refractivity contribution in [3.05, 3.63) is 12.3 Å². The third-order valence-electron chi connectivity index (χ3n) is 2.21. The molecule has 0 aliphatic carbocycles. The van der Waals surface area contributed by atoms with Gasteiger partial charge in [-0.1, -0.05) is 0 Å². The van der Waals surface area contributed by atoms with E-state index in [2.05, 4.69) is 15.5 Å². The largest absolute Gasteiger partial charge is 0.509 e. The van der Waals surface area contributed by atoms with Crippen LogP contribution in [-0.4, -0.2) is 55.2 Å². The molecule has 0 amide bonds. The third-order valence-corrected chi connectivity index (χ3v) is 2.73. The summed E-state index contributed by atoms with van der Waals surface area (Å²) in [7, 11) is -2.04. The second-order valence-corrected chi connectivity index (χ2v) is 4.52. The first-order valence-electron chi connectivity index (χ1n) is 5.25. The summed E-state index contributed by atoms with van der Waals surface area (Å²) in [5.41, 5.74) is 0. The molecule has 1 aliphatic heterocycles. The summed E-state index contributed by atoms with van der Waals surface area (Å²) < 4.78 is 10.5. The Labute approximate surface area is 91.4 Å². The molecule has 1 atom stereocenters. The molecule has 5 nitrogen and oxygen atoms in total. The lowest BCUT2D eigenvalue weighted by molar-refractivity contribution is 0.381. The number of nitrogens with one attached hydrogen (secondary N) is 2. The van der Waals surface area contributed by atoms with Crippen molar-refractivity contribution in [2.45, 2.75) is 0 Å². The van der Waals surface area contributed by atoms with Crippen molar-refractivity contribution >= 4 is 8.03 Å². The molecule has 0 aromatic rings. The Kier molecular flexibility index (Phi) is 6.52. The predicted molar refractivity (Wildman–Crippen MR) is 61.1 cm³/mol. The molecule has 1 aliphatic rings. The van der Waals surface area contributed by atoms with Crippen LogP contribution in [0.1, 0.15) is 0 Å². The van der Waals surface area contributed by atoms with Crippen molar-refractivity contribution in [1.29, 1.82) is 0 Å². The first-order chi connectivity index (χ1) is 7.29. The van der Waals surface area contributed by atoms with Gasteiger partial charge in [-0.05, 0) is 16.8 Å². The molecule has 0 radical (unpaired) electrons. The molecule has 86 valence electrons. The zero-order chi connectivity index (χ0) is 10.9. The van der Waals surface area contributed by atoms with Gasteiger partial charge in [-0.2, -0.15) is 4.89 Å². The Hall–Kier alpha value is -0.480. The minimum absolute atomic E-state index is 0.243. The summed E-state index contributed by atoms with van der Waals surface area (Å²) in [6.45, 7) is 5.80. The highest BCUT2D eigenvalue weighted by Crippen LogP contribution is 2.11. The van der Waals surface area contributed by atoms with E-state index in [1.54, 1.807) is 6.08 Å². The Bertz CT molecular complexity index is 213. The fraction of sp³-hybridized carbons (Fsp3) is 0.778. The van der Waals surface area contributed by atoms with Gasteiger partial charge in [0.15, 0.2) is 6.16 Å². The second-order valence-electron chi connectivity index (χ2n) is 3.46. The highest BCUT2D eigenvalue weighted by atomic mass is 31.1. The van der Waals surface area contributed by atoms with Gasteiger partial charge in [0.05, 0.1) is 0 Å². The standard InChI is InChI=1S/C9H18N3O2P/c13-15(14)9-1-6-12-7-4-10-2-3-11-5-8-12/h1,6,10-11H,2-5,7-9H2/p+1. The van der Waals surface area contributed by atoms with Crippen LogP contribution in [0, 0.1) is 0 Å². The van der Waals surface area contributed by atoms with Crippen molar-refractivity contribution in [3.63, 3.8) is 0 Å². The third kappa shape index (κ3) is 6.57. The van der Waals surface area contributed by atoms with Gasteiger partial charge in [0.2, 0.25) is 0 Å². The molecular formula is C9H19N3O2P+. The molecule has 0 aromatic heterocycles. The van der Waals surface area contributed by atoms with E-state index in [1.807, 2.05) is 6.20 Å². The van der Waals surface area contributed by atoms with Crippen molar-refractivity contribution in [2.24, 2.45) is 0 Å². The van der Waals surface area contributed by atoms with Gasteiger partial charge >= 0.3 is 8.03 Å². The molecule has 15 heavy (non-hydrogen) atoms. The van der Waals surface area contributed by atoms with E-state index in [0.29, 0.717) is 0 Å². The van der Waals surface area contributed by atoms with Crippen molar-refractivity contribution in [1.82, 2.24) is 15.5 Å². The maximum absolute atomic E-state index is 10.5. The fourth-order valence-corrected chi connectivity index (χ4v) is 1.69. The first-order valence-corrected chi connectivity index (χ1v) is 6.64. The van der Waals surface area contributed by atoms with Crippen LogP contribution in [0.5, 0.6) is 0 Å². The molecule has 0 aromatic carbocycles. The summed E-state index contributed by atoms with van der Waals surface area (Å²) in [4.78, 5) is 10.8. The van der Waals surface area contributed by atoms with Gasteiger partial charge in [0.25, 0.3) is 0 Å². The zero-order valence-corrected chi connectivity index (χ0v) is 9.75. The average Bonchev–Trinajstić information content (AvgIpc) is 2.31. The Morgan fingerprint density at radius 3 is 2.33 bits per heavy atom. The van der Waals surface area contributed by atoms with Gasteiger partial charge < -0.3 is 15.5 Å². The number of allylic oxidation sites excluding steroid dienone is 1. The average molecular weight is 232 g/mol. The van der Waals surface area contributed by atoms with E-state index in [9.17, 15) is 4.57 Å². The van der Waals surface area contributed by atoms with E-state index in [1.165, 1.54) is 0 Å². The van der Waals surface area contributed by atoms with Crippen LogP contribution in [-0.2, 0) is 4.57 Å². The van der Waals surface area contributed by atoms with Gasteiger partial charge in [-0.3, -0.25) is 0 Å². The van der Waals surface area contributed by atoms with E-state index in [0.717, 1.165) is 39.3 Å². The van der Waals surface area contributed by atoms with Crippen molar-refractivity contribution < 1.29 is 9.46 Å². The Morgan fingerprint density at radius 2 is 1.80 bits per heavy atom. The van der Waals surface area contributed by atoms with Crippen molar-refractivity contribution in [2.75, 3.05) is 45.4 Å². The Morgan fingerprint density at radius 1 is 1.20 bits per heavy atom. The van der Waals surface area contributed by atoms with Crippen LogP contribution in [0.3, 0.4) is 0 Å². The number of rotatable bonds is 3. The van der Waals surface area contributed by atoms with Gasteiger partial charge in [-0.15, -0.1) is 0 Å². The van der Waals surface area contributed by atoms with E-state index in [-0.39, 0.29) is 6.16 Å². The molecule has 6 heteroatoms. The van der Waals surface area contributed by atoms with Gasteiger partial charge in [0, 0.05) is 39.3 Å². The first kappa shape index (κ1) is 12.6. The quantitative estimate of drug-likeness (QED) is 0.585.